The Morgan fingerprint density at radius 1 is 1.60 bits per heavy atom. The summed E-state index contributed by atoms with van der Waals surface area (Å²) >= 11 is 0. The molecular weight excluding hydrogens is 212 g/mol. The van der Waals surface area contributed by atoms with E-state index < -0.39 is 10.8 Å². The van der Waals surface area contributed by atoms with Gasteiger partial charge in [0.15, 0.2) is 0 Å². The summed E-state index contributed by atoms with van der Waals surface area (Å²) in [6, 6.07) is 3.61. The van der Waals surface area contributed by atoms with Crippen LogP contribution in [0.3, 0.4) is 0 Å². The average molecular weight is 224 g/mol. The van der Waals surface area contributed by atoms with Gasteiger partial charge in [-0.15, -0.1) is 0 Å². The number of aryl methyl sites for hydroxylation is 2. The van der Waals surface area contributed by atoms with Gasteiger partial charge in [-0.3, -0.25) is 8.89 Å². The summed E-state index contributed by atoms with van der Waals surface area (Å²) in [4.78, 5) is 0.780. The van der Waals surface area contributed by atoms with Crippen molar-refractivity contribution in [2.75, 3.05) is 5.75 Å². The summed E-state index contributed by atoms with van der Waals surface area (Å²) < 4.78 is 18.7. The second kappa shape index (κ2) is 4.44. The lowest BCUT2D eigenvalue weighted by atomic mass is 10.5. The normalized spacial score (nSPS) is 12.9. The lowest BCUT2D eigenvalue weighted by Gasteiger charge is -2.01. The molecule has 5 heteroatoms. The van der Waals surface area contributed by atoms with Crippen molar-refractivity contribution >= 4 is 10.8 Å². The van der Waals surface area contributed by atoms with Crippen LogP contribution in [0.1, 0.15) is 5.76 Å². The topological polar surface area (TPSA) is 48.0 Å². The van der Waals surface area contributed by atoms with Crippen LogP contribution in [-0.4, -0.2) is 19.7 Å². The van der Waals surface area contributed by atoms with E-state index in [-0.39, 0.29) is 0 Å². The van der Waals surface area contributed by atoms with Crippen LogP contribution in [0.2, 0.25) is 0 Å². The molecule has 2 aromatic rings. The Labute approximate surface area is 90.4 Å². The molecule has 0 saturated heterocycles. The van der Waals surface area contributed by atoms with Crippen LogP contribution in [-0.2, 0) is 17.3 Å². The number of aromatic nitrogens is 2. The van der Waals surface area contributed by atoms with Crippen LogP contribution in [0.4, 0.5) is 0 Å². The summed E-state index contributed by atoms with van der Waals surface area (Å²) in [6.07, 6.45) is 5.14. The van der Waals surface area contributed by atoms with E-state index in [4.69, 9.17) is 4.42 Å². The van der Waals surface area contributed by atoms with Gasteiger partial charge in [-0.1, -0.05) is 0 Å². The molecule has 2 aromatic heterocycles. The van der Waals surface area contributed by atoms with E-state index in [9.17, 15) is 4.21 Å². The standard InChI is InChI=1S/C10H12N2O2S/c1-9-10(3-7-14-9)15(13)8-6-12-5-2-4-11-12/h2-5,7H,6,8H2,1H3/t15-/m1/s1. The molecule has 15 heavy (non-hydrogen) atoms. The fraction of sp³-hybridized carbons (Fsp3) is 0.300. The molecule has 4 nitrogen and oxygen atoms in total. The van der Waals surface area contributed by atoms with E-state index in [1.165, 1.54) is 0 Å². The Hall–Kier alpha value is -1.36. The smallest absolute Gasteiger partial charge is 0.116 e. The van der Waals surface area contributed by atoms with E-state index in [0.717, 1.165) is 10.7 Å². The Morgan fingerprint density at radius 3 is 3.07 bits per heavy atom. The highest BCUT2D eigenvalue weighted by Crippen LogP contribution is 2.13. The summed E-state index contributed by atoms with van der Waals surface area (Å²) in [5, 5.41) is 4.05. The fourth-order valence-corrected chi connectivity index (χ4v) is 2.48. The van der Waals surface area contributed by atoms with Crippen molar-refractivity contribution in [2.24, 2.45) is 0 Å². The molecule has 0 aliphatic rings. The largest absolute Gasteiger partial charge is 0.468 e. The highest BCUT2D eigenvalue weighted by molar-refractivity contribution is 7.85. The Kier molecular flexibility index (Phi) is 3.01. The maximum absolute atomic E-state index is 11.8. The van der Waals surface area contributed by atoms with Gasteiger partial charge in [0, 0.05) is 18.1 Å². The van der Waals surface area contributed by atoms with Crippen LogP contribution < -0.4 is 0 Å². The molecule has 0 N–H and O–H groups in total. The van der Waals surface area contributed by atoms with E-state index >= 15 is 0 Å². The van der Waals surface area contributed by atoms with Gasteiger partial charge in [-0.25, -0.2) is 0 Å². The van der Waals surface area contributed by atoms with Crippen molar-refractivity contribution in [2.45, 2.75) is 18.4 Å². The molecule has 0 unspecified atom stereocenters. The minimum Gasteiger partial charge on any atom is -0.468 e. The van der Waals surface area contributed by atoms with E-state index in [1.54, 1.807) is 23.2 Å². The van der Waals surface area contributed by atoms with Crippen molar-refractivity contribution in [1.82, 2.24) is 9.78 Å². The van der Waals surface area contributed by atoms with Gasteiger partial charge < -0.3 is 4.42 Å². The SMILES string of the molecule is Cc1occc1[S@](=O)CCn1cccn1. The summed E-state index contributed by atoms with van der Waals surface area (Å²) in [5.74, 6) is 1.29. The molecule has 0 saturated carbocycles. The maximum Gasteiger partial charge on any atom is 0.116 e. The summed E-state index contributed by atoms with van der Waals surface area (Å²) in [6.45, 7) is 2.48. The zero-order chi connectivity index (χ0) is 10.7. The molecule has 0 radical (unpaired) electrons. The first-order valence-corrected chi connectivity index (χ1v) is 5.99. The van der Waals surface area contributed by atoms with Crippen LogP contribution in [0.25, 0.3) is 0 Å². The van der Waals surface area contributed by atoms with E-state index in [0.29, 0.717) is 12.3 Å². The minimum absolute atomic E-state index is 0.558. The van der Waals surface area contributed by atoms with E-state index in [1.807, 2.05) is 19.2 Å². The number of nitrogens with zero attached hydrogens (tertiary/aromatic N) is 2. The summed E-state index contributed by atoms with van der Waals surface area (Å²) in [5.41, 5.74) is 0. The first-order valence-electron chi connectivity index (χ1n) is 4.67. The molecular formula is C10H12N2O2S. The molecule has 0 amide bonds. The zero-order valence-corrected chi connectivity index (χ0v) is 9.24. The van der Waals surface area contributed by atoms with Crippen LogP contribution in [0.5, 0.6) is 0 Å². The lowest BCUT2D eigenvalue weighted by molar-refractivity contribution is 0.525. The highest BCUT2D eigenvalue weighted by Gasteiger charge is 2.09. The maximum atomic E-state index is 11.8. The van der Waals surface area contributed by atoms with Gasteiger partial charge in [-0.05, 0) is 19.1 Å². The summed E-state index contributed by atoms with van der Waals surface area (Å²) in [7, 11) is -1.00. The van der Waals surface area contributed by atoms with Crippen molar-refractivity contribution in [3.63, 3.8) is 0 Å². The second-order valence-corrected chi connectivity index (χ2v) is 4.70. The van der Waals surface area contributed by atoms with Crippen LogP contribution in [0, 0.1) is 6.92 Å². The monoisotopic (exact) mass is 224 g/mol. The van der Waals surface area contributed by atoms with Gasteiger partial charge in [0.1, 0.15) is 5.76 Å². The van der Waals surface area contributed by atoms with Crippen molar-refractivity contribution in [1.29, 1.82) is 0 Å². The number of furan rings is 1. The van der Waals surface area contributed by atoms with Crippen LogP contribution in [0.15, 0.2) is 40.1 Å². The van der Waals surface area contributed by atoms with Gasteiger partial charge in [0.25, 0.3) is 0 Å². The Morgan fingerprint density at radius 2 is 2.47 bits per heavy atom. The van der Waals surface area contributed by atoms with Crippen molar-refractivity contribution in [3.8, 4) is 0 Å². The predicted octanol–water partition coefficient (Wildman–Crippen LogP) is 1.59. The van der Waals surface area contributed by atoms with E-state index in [2.05, 4.69) is 5.10 Å². The predicted molar refractivity (Wildman–Crippen MR) is 56.9 cm³/mol. The third-order valence-corrected chi connectivity index (χ3v) is 3.59. The highest BCUT2D eigenvalue weighted by atomic mass is 32.2. The van der Waals surface area contributed by atoms with Crippen LogP contribution >= 0.6 is 0 Å². The molecule has 0 aromatic carbocycles. The Bertz CT molecular complexity index is 448. The molecule has 0 fully saturated rings. The lowest BCUT2D eigenvalue weighted by Crippen LogP contribution is -2.08. The first kappa shape index (κ1) is 10.2. The van der Waals surface area contributed by atoms with Gasteiger partial charge in [-0.2, -0.15) is 5.10 Å². The number of rotatable bonds is 4. The molecule has 0 aliphatic heterocycles. The molecule has 0 spiro atoms. The Balaban J connectivity index is 1.96. The molecule has 2 heterocycles. The van der Waals surface area contributed by atoms with Gasteiger partial charge in [0.2, 0.25) is 0 Å². The van der Waals surface area contributed by atoms with Crippen molar-refractivity contribution < 1.29 is 8.63 Å². The minimum atomic E-state index is -1.00. The molecule has 1 atom stereocenters. The molecule has 0 bridgehead atoms. The number of hydrogen-bond acceptors (Lipinski definition) is 3. The second-order valence-electron chi connectivity index (χ2n) is 3.16. The van der Waals surface area contributed by atoms with Gasteiger partial charge in [0.05, 0.1) is 28.5 Å². The third-order valence-electron chi connectivity index (χ3n) is 2.12. The molecule has 0 aliphatic carbocycles. The number of hydrogen-bond donors (Lipinski definition) is 0. The molecule has 2 rings (SSSR count). The quantitative estimate of drug-likeness (QED) is 0.792. The third kappa shape index (κ3) is 2.36. The molecule has 80 valence electrons. The zero-order valence-electron chi connectivity index (χ0n) is 8.42. The first-order chi connectivity index (χ1) is 7.27. The van der Waals surface area contributed by atoms with Gasteiger partial charge >= 0.3 is 0 Å². The fourth-order valence-electron chi connectivity index (χ4n) is 1.33. The average Bonchev–Trinajstić information content (AvgIpc) is 2.84. The van der Waals surface area contributed by atoms with Crippen molar-refractivity contribution in [3.05, 3.63) is 36.5 Å².